The van der Waals surface area contributed by atoms with E-state index < -0.39 is 24.0 Å². The molecule has 0 unspecified atom stereocenters. The van der Waals surface area contributed by atoms with E-state index in [9.17, 15) is 9.59 Å². The molecule has 41 heavy (non-hydrogen) atoms. The summed E-state index contributed by atoms with van der Waals surface area (Å²) in [6.45, 7) is 8.64. The third-order valence-electron chi connectivity index (χ3n) is 5.71. The number of carbonyl (C=O) groups excluding carboxylic acids is 2. The Morgan fingerprint density at radius 1 is 0.902 bits per heavy atom. The Morgan fingerprint density at radius 3 is 2.32 bits per heavy atom. The van der Waals surface area contributed by atoms with Crippen LogP contribution in [0.4, 0.5) is 0 Å². The summed E-state index contributed by atoms with van der Waals surface area (Å²) in [4.78, 5) is 26.2. The lowest BCUT2D eigenvalue weighted by atomic mass is 10.1. The van der Waals surface area contributed by atoms with Gasteiger partial charge in [-0.3, -0.25) is 9.59 Å². The van der Waals surface area contributed by atoms with E-state index in [1.54, 1.807) is 25.1 Å². The molecule has 3 rings (SSSR count). The molecule has 0 aliphatic heterocycles. The van der Waals surface area contributed by atoms with Crippen molar-refractivity contribution in [2.45, 2.75) is 46.3 Å². The summed E-state index contributed by atoms with van der Waals surface area (Å²) in [5.41, 5.74) is 4.10. The Balaban J connectivity index is 1.69. The fraction of sp³-hybridized carbons (Fsp3) is 0.323. The normalized spacial score (nSPS) is 12.6. The van der Waals surface area contributed by atoms with Crippen LogP contribution in [-0.4, -0.2) is 43.4 Å². The van der Waals surface area contributed by atoms with Crippen LogP contribution in [0.25, 0.3) is 0 Å². The van der Waals surface area contributed by atoms with Gasteiger partial charge >= 0.3 is 0 Å². The Labute approximate surface area is 251 Å². The fourth-order valence-electron chi connectivity index (χ4n) is 3.66. The highest BCUT2D eigenvalue weighted by atomic mass is 35.5. The summed E-state index contributed by atoms with van der Waals surface area (Å²) in [5.74, 6) is 0.928. The van der Waals surface area contributed by atoms with Crippen molar-refractivity contribution >= 4 is 41.2 Å². The van der Waals surface area contributed by atoms with Crippen LogP contribution in [0.15, 0.2) is 71.8 Å². The van der Waals surface area contributed by atoms with Gasteiger partial charge < -0.3 is 19.5 Å². The maximum Gasteiger partial charge on any atom is 0.262 e. The van der Waals surface area contributed by atoms with Crippen molar-refractivity contribution in [3.63, 3.8) is 0 Å². The lowest BCUT2D eigenvalue weighted by Gasteiger charge is -2.21. The zero-order valence-electron chi connectivity index (χ0n) is 23.5. The van der Waals surface area contributed by atoms with Crippen LogP contribution in [0, 0.1) is 5.92 Å². The number of hydrogen-bond donors (Lipinski definition) is 2. The average Bonchev–Trinajstić information content (AvgIpc) is 2.94. The molecule has 8 nitrogen and oxygen atoms in total. The first-order valence-corrected chi connectivity index (χ1v) is 14.1. The molecule has 2 amide bonds. The van der Waals surface area contributed by atoms with Crippen molar-refractivity contribution < 1.29 is 23.8 Å². The molecule has 0 fully saturated rings. The van der Waals surface area contributed by atoms with Crippen molar-refractivity contribution in [1.29, 1.82) is 0 Å². The molecule has 2 atom stereocenters. The van der Waals surface area contributed by atoms with Gasteiger partial charge in [-0.15, -0.1) is 0 Å². The first-order chi connectivity index (χ1) is 19.7. The second kappa shape index (κ2) is 15.9. The summed E-state index contributed by atoms with van der Waals surface area (Å²) in [6.07, 6.45) is 0.817. The molecule has 10 heteroatoms. The first-order valence-electron chi connectivity index (χ1n) is 13.3. The zero-order chi connectivity index (χ0) is 29.8. The van der Waals surface area contributed by atoms with Gasteiger partial charge in [0.1, 0.15) is 11.8 Å². The quantitative estimate of drug-likeness (QED) is 0.173. The molecule has 0 saturated heterocycles. The molecule has 3 aromatic carbocycles. The van der Waals surface area contributed by atoms with E-state index in [1.165, 1.54) is 12.3 Å². The number of ether oxygens (including phenoxy) is 3. The van der Waals surface area contributed by atoms with Crippen molar-refractivity contribution in [3.05, 3.63) is 87.9 Å². The Kier molecular flexibility index (Phi) is 12.3. The number of hydrazone groups is 1. The van der Waals surface area contributed by atoms with E-state index in [1.807, 2.05) is 49.4 Å². The molecular weight excluding hydrogens is 565 g/mol. The second-order valence-corrected chi connectivity index (χ2v) is 10.5. The maximum atomic E-state index is 13.2. The van der Waals surface area contributed by atoms with Gasteiger partial charge in [0.2, 0.25) is 0 Å². The van der Waals surface area contributed by atoms with Gasteiger partial charge in [0.05, 0.1) is 24.5 Å². The number of benzene rings is 3. The largest absolute Gasteiger partial charge is 0.490 e. The van der Waals surface area contributed by atoms with Crippen molar-refractivity contribution in [3.8, 4) is 17.2 Å². The number of amides is 2. The third kappa shape index (κ3) is 10.3. The van der Waals surface area contributed by atoms with Crippen LogP contribution in [0.2, 0.25) is 10.0 Å². The smallest absolute Gasteiger partial charge is 0.262 e. The van der Waals surface area contributed by atoms with E-state index in [2.05, 4.69) is 29.7 Å². The van der Waals surface area contributed by atoms with Crippen LogP contribution in [-0.2, 0) is 16.0 Å². The number of carbonyl (C=O) groups is 2. The highest BCUT2D eigenvalue weighted by Gasteiger charge is 2.25. The number of halogens is 2. The number of nitrogens with one attached hydrogen (secondary N) is 2. The van der Waals surface area contributed by atoms with Crippen LogP contribution < -0.4 is 25.0 Å². The van der Waals surface area contributed by atoms with Crippen molar-refractivity contribution in [2.24, 2.45) is 11.0 Å². The lowest BCUT2D eigenvalue weighted by molar-refractivity contribution is -0.132. The molecule has 0 aliphatic rings. The highest BCUT2D eigenvalue weighted by Crippen LogP contribution is 2.29. The van der Waals surface area contributed by atoms with E-state index in [0.717, 1.165) is 5.56 Å². The number of rotatable bonds is 14. The molecule has 0 bridgehead atoms. The second-order valence-electron chi connectivity index (χ2n) is 9.66. The predicted octanol–water partition coefficient (Wildman–Crippen LogP) is 6.07. The van der Waals surface area contributed by atoms with Crippen molar-refractivity contribution in [1.82, 2.24) is 10.7 Å². The van der Waals surface area contributed by atoms with Crippen LogP contribution in [0.5, 0.6) is 17.2 Å². The molecule has 0 saturated carbocycles. The van der Waals surface area contributed by atoms with Gasteiger partial charge in [-0.1, -0.05) is 67.4 Å². The molecule has 3 aromatic rings. The molecule has 0 radical (unpaired) electrons. The summed E-state index contributed by atoms with van der Waals surface area (Å²) in [6, 6.07) is 18.6. The van der Waals surface area contributed by atoms with Crippen LogP contribution in [0.3, 0.4) is 0 Å². The third-order valence-corrected chi connectivity index (χ3v) is 6.24. The molecule has 0 aromatic heterocycles. The number of hydrogen-bond acceptors (Lipinski definition) is 6. The lowest BCUT2D eigenvalue weighted by Crippen LogP contribution is -2.50. The number of nitrogens with zero attached hydrogens (tertiary/aromatic N) is 1. The van der Waals surface area contributed by atoms with E-state index in [-0.39, 0.29) is 11.4 Å². The molecule has 0 aliphatic carbocycles. The van der Waals surface area contributed by atoms with Gasteiger partial charge in [0.25, 0.3) is 11.8 Å². The maximum absolute atomic E-state index is 13.2. The summed E-state index contributed by atoms with van der Waals surface area (Å²) in [5, 5.41) is 7.60. The van der Waals surface area contributed by atoms with E-state index >= 15 is 0 Å². The van der Waals surface area contributed by atoms with E-state index in [0.29, 0.717) is 47.0 Å². The van der Waals surface area contributed by atoms with E-state index in [4.69, 9.17) is 37.4 Å². The Bertz CT molecular complexity index is 1330. The SMILES string of the molecule is CCOc1cc(/C=N\NC(=O)[C@H](Cc2ccccc2)NC(=O)[C@H](C)Oc2ccc(Cl)cc2Cl)ccc1OCC(C)C. The van der Waals surface area contributed by atoms with Gasteiger partial charge in [-0.05, 0) is 67.3 Å². The molecule has 2 N–H and O–H groups in total. The van der Waals surface area contributed by atoms with Gasteiger partial charge in [0, 0.05) is 11.4 Å². The highest BCUT2D eigenvalue weighted by molar-refractivity contribution is 6.35. The molecular formula is C31H35Cl2N3O5. The minimum atomic E-state index is -0.934. The minimum absolute atomic E-state index is 0.249. The Morgan fingerprint density at radius 2 is 1.63 bits per heavy atom. The molecule has 0 heterocycles. The summed E-state index contributed by atoms with van der Waals surface area (Å²) in [7, 11) is 0. The van der Waals surface area contributed by atoms with Gasteiger partial charge in [-0.2, -0.15) is 5.10 Å². The Hall–Kier alpha value is -3.75. The fourth-order valence-corrected chi connectivity index (χ4v) is 4.11. The van der Waals surface area contributed by atoms with Crippen LogP contribution in [0.1, 0.15) is 38.8 Å². The topological polar surface area (TPSA) is 98.2 Å². The summed E-state index contributed by atoms with van der Waals surface area (Å²) >= 11 is 12.1. The standard InChI is InChI=1S/C31H35Cl2N3O5/c1-5-39-29-16-23(11-13-28(29)40-19-20(2)3)18-34-36-31(38)26(15-22-9-7-6-8-10-22)35-30(37)21(4)41-27-14-12-24(32)17-25(27)33/h6-14,16-18,20-21,26H,5,15,19H2,1-4H3,(H,35,37)(H,36,38)/b34-18-/t21-,26-/m0/s1. The van der Waals surface area contributed by atoms with Crippen LogP contribution >= 0.6 is 23.2 Å². The first kappa shape index (κ1) is 31.8. The minimum Gasteiger partial charge on any atom is -0.490 e. The zero-order valence-corrected chi connectivity index (χ0v) is 25.0. The van der Waals surface area contributed by atoms with Gasteiger partial charge in [0.15, 0.2) is 17.6 Å². The van der Waals surface area contributed by atoms with Gasteiger partial charge in [-0.25, -0.2) is 5.43 Å². The molecule has 0 spiro atoms. The monoisotopic (exact) mass is 599 g/mol. The average molecular weight is 601 g/mol. The molecule has 218 valence electrons. The predicted molar refractivity (Wildman–Crippen MR) is 162 cm³/mol. The van der Waals surface area contributed by atoms with Crippen molar-refractivity contribution in [2.75, 3.05) is 13.2 Å². The summed E-state index contributed by atoms with van der Waals surface area (Å²) < 4.78 is 17.3.